The van der Waals surface area contributed by atoms with Crippen LogP contribution in [0.2, 0.25) is 0 Å². The van der Waals surface area contributed by atoms with Crippen LogP contribution in [0.3, 0.4) is 0 Å². The van der Waals surface area contributed by atoms with Crippen LogP contribution in [0.15, 0.2) is 11.8 Å². The van der Waals surface area contributed by atoms with Crippen LogP contribution >= 0.6 is 0 Å². The largest absolute Gasteiger partial charge is 0.512 e. The van der Waals surface area contributed by atoms with Crippen LogP contribution < -0.4 is 0 Å². The predicted octanol–water partition coefficient (Wildman–Crippen LogP) is 5.23. The minimum absolute atomic E-state index is 0.474. The molecule has 1 nitrogen and oxygen atoms in total. The van der Waals surface area contributed by atoms with Crippen molar-refractivity contribution in [1.29, 1.82) is 0 Å². The minimum Gasteiger partial charge on any atom is -0.512 e. The fourth-order valence-corrected chi connectivity index (χ4v) is 2.81. The quantitative estimate of drug-likeness (QED) is 0.484. The molecule has 0 spiro atoms. The zero-order chi connectivity index (χ0) is 11.8. The molecular formula is C15H28O. The van der Waals surface area contributed by atoms with Gasteiger partial charge < -0.3 is 5.11 Å². The van der Waals surface area contributed by atoms with Crippen molar-refractivity contribution in [2.24, 2.45) is 11.8 Å². The van der Waals surface area contributed by atoms with E-state index in [-0.39, 0.29) is 0 Å². The van der Waals surface area contributed by atoms with Crippen molar-refractivity contribution in [3.63, 3.8) is 0 Å². The van der Waals surface area contributed by atoms with Gasteiger partial charge in [-0.05, 0) is 44.1 Å². The van der Waals surface area contributed by atoms with E-state index < -0.39 is 0 Å². The standard InChI is InChI=1S/C15H28O/c1-3-5-6-8-13-9-11-14(12-10-13)15(16)7-4-2/h7,13-14,16H,3-6,8-12H2,1-2H3/b15-7+. The molecule has 1 saturated carbocycles. The molecule has 0 aromatic rings. The second-order valence-corrected chi connectivity index (χ2v) is 5.25. The average Bonchev–Trinajstić information content (AvgIpc) is 2.30. The number of hydrogen-bond acceptors (Lipinski definition) is 1. The molecule has 0 bridgehead atoms. The van der Waals surface area contributed by atoms with Gasteiger partial charge in [0.2, 0.25) is 0 Å². The monoisotopic (exact) mass is 224 g/mol. The third-order valence-electron chi connectivity index (χ3n) is 3.89. The van der Waals surface area contributed by atoms with Gasteiger partial charge in [-0.15, -0.1) is 0 Å². The van der Waals surface area contributed by atoms with Crippen LogP contribution in [0, 0.1) is 11.8 Å². The Hall–Kier alpha value is -0.460. The Balaban J connectivity index is 2.20. The highest BCUT2D eigenvalue weighted by molar-refractivity contribution is 4.98. The zero-order valence-electron chi connectivity index (χ0n) is 11.0. The van der Waals surface area contributed by atoms with Crippen LogP contribution in [0.1, 0.15) is 71.6 Å². The maximum Gasteiger partial charge on any atom is 0.0913 e. The van der Waals surface area contributed by atoms with Crippen molar-refractivity contribution >= 4 is 0 Å². The van der Waals surface area contributed by atoms with Gasteiger partial charge in [0, 0.05) is 5.92 Å². The summed E-state index contributed by atoms with van der Waals surface area (Å²) in [4.78, 5) is 0. The summed E-state index contributed by atoms with van der Waals surface area (Å²) in [7, 11) is 0. The molecule has 94 valence electrons. The van der Waals surface area contributed by atoms with E-state index in [9.17, 15) is 5.11 Å². The van der Waals surface area contributed by atoms with E-state index >= 15 is 0 Å². The normalized spacial score (nSPS) is 27.0. The van der Waals surface area contributed by atoms with Crippen molar-refractivity contribution in [3.8, 4) is 0 Å². The van der Waals surface area contributed by atoms with E-state index in [4.69, 9.17) is 0 Å². The second-order valence-electron chi connectivity index (χ2n) is 5.25. The summed E-state index contributed by atoms with van der Waals surface area (Å²) in [5.74, 6) is 2.08. The highest BCUT2D eigenvalue weighted by atomic mass is 16.3. The van der Waals surface area contributed by atoms with Crippen molar-refractivity contribution in [2.75, 3.05) is 0 Å². The first-order valence-corrected chi connectivity index (χ1v) is 7.16. The van der Waals surface area contributed by atoms with Crippen LogP contribution in [-0.4, -0.2) is 5.11 Å². The first-order valence-electron chi connectivity index (χ1n) is 7.16. The van der Waals surface area contributed by atoms with Crippen LogP contribution in [0.5, 0.6) is 0 Å². The van der Waals surface area contributed by atoms with Gasteiger partial charge in [0.15, 0.2) is 0 Å². The molecule has 0 unspecified atom stereocenters. The summed E-state index contributed by atoms with van der Waals surface area (Å²) in [6, 6.07) is 0. The molecule has 1 aliphatic carbocycles. The van der Waals surface area contributed by atoms with Gasteiger partial charge in [0.25, 0.3) is 0 Å². The number of aliphatic hydroxyl groups excluding tert-OH is 1. The highest BCUT2D eigenvalue weighted by Crippen LogP contribution is 2.34. The molecule has 16 heavy (non-hydrogen) atoms. The number of aliphatic hydroxyl groups is 1. The number of hydrogen-bond donors (Lipinski definition) is 1. The SMILES string of the molecule is CC/C=C(/O)C1CCC(CCCCC)CC1. The van der Waals surface area contributed by atoms with Gasteiger partial charge >= 0.3 is 0 Å². The smallest absolute Gasteiger partial charge is 0.0913 e. The fourth-order valence-electron chi connectivity index (χ4n) is 2.81. The molecule has 0 radical (unpaired) electrons. The van der Waals surface area contributed by atoms with Crippen LogP contribution in [0.25, 0.3) is 0 Å². The molecule has 0 heterocycles. The Bertz CT molecular complexity index is 199. The summed E-state index contributed by atoms with van der Waals surface area (Å²) in [5.41, 5.74) is 0. The van der Waals surface area contributed by atoms with E-state index in [0.717, 1.165) is 12.3 Å². The molecule has 1 N–H and O–H groups in total. The predicted molar refractivity (Wildman–Crippen MR) is 70.6 cm³/mol. The lowest BCUT2D eigenvalue weighted by molar-refractivity contribution is 0.225. The molecule has 1 aliphatic rings. The van der Waals surface area contributed by atoms with Crippen molar-refractivity contribution in [3.05, 3.63) is 11.8 Å². The van der Waals surface area contributed by atoms with Gasteiger partial charge in [-0.25, -0.2) is 0 Å². The summed E-state index contributed by atoms with van der Waals surface area (Å²) in [6.07, 6.45) is 13.6. The van der Waals surface area contributed by atoms with Crippen LogP contribution in [-0.2, 0) is 0 Å². The van der Waals surface area contributed by atoms with E-state index in [1.165, 1.54) is 51.4 Å². The number of allylic oxidation sites excluding steroid dienone is 2. The Kier molecular flexibility index (Phi) is 6.59. The minimum atomic E-state index is 0.474. The number of rotatable bonds is 6. The third kappa shape index (κ3) is 4.59. The molecule has 0 aliphatic heterocycles. The third-order valence-corrected chi connectivity index (χ3v) is 3.89. The van der Waals surface area contributed by atoms with Gasteiger partial charge in [0.05, 0.1) is 5.76 Å². The average molecular weight is 224 g/mol. The van der Waals surface area contributed by atoms with Crippen molar-refractivity contribution in [1.82, 2.24) is 0 Å². The Morgan fingerprint density at radius 2 is 1.81 bits per heavy atom. The van der Waals surface area contributed by atoms with Gasteiger partial charge in [0.1, 0.15) is 0 Å². The van der Waals surface area contributed by atoms with E-state index in [2.05, 4.69) is 13.8 Å². The lowest BCUT2D eigenvalue weighted by atomic mass is 9.79. The van der Waals surface area contributed by atoms with Crippen LogP contribution in [0.4, 0.5) is 0 Å². The summed E-state index contributed by atoms with van der Waals surface area (Å²) in [6.45, 7) is 4.36. The van der Waals surface area contributed by atoms with E-state index in [0.29, 0.717) is 11.7 Å². The van der Waals surface area contributed by atoms with E-state index in [1.807, 2.05) is 6.08 Å². The summed E-state index contributed by atoms with van der Waals surface area (Å²) < 4.78 is 0. The molecule has 0 atom stereocenters. The molecule has 0 saturated heterocycles. The van der Waals surface area contributed by atoms with Crippen molar-refractivity contribution in [2.45, 2.75) is 71.6 Å². The van der Waals surface area contributed by atoms with E-state index in [1.54, 1.807) is 0 Å². The first kappa shape index (κ1) is 13.6. The highest BCUT2D eigenvalue weighted by Gasteiger charge is 2.22. The molecule has 0 aromatic heterocycles. The zero-order valence-corrected chi connectivity index (χ0v) is 11.0. The maximum atomic E-state index is 9.84. The fraction of sp³-hybridized carbons (Fsp3) is 0.867. The molecular weight excluding hydrogens is 196 g/mol. The lowest BCUT2D eigenvalue weighted by Gasteiger charge is -2.28. The topological polar surface area (TPSA) is 20.2 Å². The van der Waals surface area contributed by atoms with Gasteiger partial charge in [-0.1, -0.05) is 39.5 Å². The Morgan fingerprint density at radius 3 is 2.38 bits per heavy atom. The number of unbranched alkanes of at least 4 members (excludes halogenated alkanes) is 2. The lowest BCUT2D eigenvalue weighted by Crippen LogP contribution is -2.16. The molecule has 1 fully saturated rings. The van der Waals surface area contributed by atoms with Crippen molar-refractivity contribution < 1.29 is 5.11 Å². The molecule has 0 aromatic carbocycles. The molecule has 0 amide bonds. The summed E-state index contributed by atoms with van der Waals surface area (Å²) >= 11 is 0. The second kappa shape index (κ2) is 7.76. The molecule has 1 heteroatoms. The Labute approximate surface area is 101 Å². The van der Waals surface area contributed by atoms with Gasteiger partial charge in [-0.3, -0.25) is 0 Å². The first-order chi connectivity index (χ1) is 7.77. The molecule has 1 rings (SSSR count). The summed E-state index contributed by atoms with van der Waals surface area (Å²) in [5, 5.41) is 9.84. The Morgan fingerprint density at radius 1 is 1.12 bits per heavy atom. The van der Waals surface area contributed by atoms with Gasteiger partial charge in [-0.2, -0.15) is 0 Å². The maximum absolute atomic E-state index is 9.84.